The van der Waals surface area contributed by atoms with Crippen LogP contribution in [0.2, 0.25) is 0 Å². The van der Waals surface area contributed by atoms with Gasteiger partial charge in [-0.1, -0.05) is 0 Å². The predicted octanol–water partition coefficient (Wildman–Crippen LogP) is 0.361. The topological polar surface area (TPSA) is 83.9 Å². The second kappa shape index (κ2) is 5.36. The smallest absolute Gasteiger partial charge is 0.337 e. The maximum atomic E-state index is 11.4. The quantitative estimate of drug-likeness (QED) is 0.801. The van der Waals surface area contributed by atoms with Gasteiger partial charge in [-0.05, 0) is 23.8 Å². The number of esters is 1. The van der Waals surface area contributed by atoms with Gasteiger partial charge in [0.1, 0.15) is 0 Å². The Hall–Kier alpha value is -1.60. The molecular weight excluding hydrogens is 258 g/mol. The molecule has 100 valence electrons. The highest BCUT2D eigenvalue weighted by Gasteiger charge is 2.16. The molecule has 0 atom stereocenters. The van der Waals surface area contributed by atoms with Gasteiger partial charge in [0.25, 0.3) is 0 Å². The van der Waals surface area contributed by atoms with Crippen LogP contribution in [0, 0.1) is 0 Å². The van der Waals surface area contributed by atoms with Gasteiger partial charge in [-0.15, -0.1) is 0 Å². The zero-order valence-corrected chi connectivity index (χ0v) is 11.2. The molecule has 1 aromatic carbocycles. The molecule has 0 unspecified atom stereocenters. The Morgan fingerprint density at radius 2 is 2.00 bits per heavy atom. The normalized spacial score (nSPS) is 11.1. The van der Waals surface area contributed by atoms with E-state index in [1.807, 2.05) is 0 Å². The van der Waals surface area contributed by atoms with E-state index < -0.39 is 16.0 Å². The summed E-state index contributed by atoms with van der Waals surface area (Å²) in [4.78, 5) is 11.4. The summed E-state index contributed by atoms with van der Waals surface area (Å²) < 4.78 is 28.5. The van der Waals surface area contributed by atoms with Gasteiger partial charge in [-0.25, -0.2) is 13.2 Å². The monoisotopic (exact) mass is 273 g/mol. The van der Waals surface area contributed by atoms with Gasteiger partial charge >= 0.3 is 5.97 Å². The van der Waals surface area contributed by atoms with Crippen molar-refractivity contribution in [3.8, 4) is 0 Å². The third-order valence-corrected chi connectivity index (χ3v) is 3.65. The summed E-state index contributed by atoms with van der Waals surface area (Å²) in [5, 5.41) is 9.11. The highest BCUT2D eigenvalue weighted by Crippen LogP contribution is 2.21. The average Bonchev–Trinajstić information content (AvgIpc) is 2.35. The molecule has 0 bridgehead atoms. The molecule has 6 nitrogen and oxygen atoms in total. The van der Waals surface area contributed by atoms with Crippen molar-refractivity contribution in [1.82, 2.24) is 0 Å². The Kier molecular flexibility index (Phi) is 4.31. The third-order valence-electron chi connectivity index (χ3n) is 2.44. The standard InChI is InChI=1S/C11H15NO5S/c1-12(18(3,15)16)10-5-8(7-13)4-9(6-10)11(14)17-2/h4-6,13H,7H2,1-3H3. The number of carbonyl (C=O) groups excluding carboxylic acids is 1. The van der Waals surface area contributed by atoms with Gasteiger partial charge in [0, 0.05) is 7.05 Å². The van der Waals surface area contributed by atoms with Crippen LogP contribution in [0.5, 0.6) is 0 Å². The molecule has 0 fully saturated rings. The van der Waals surface area contributed by atoms with Crippen LogP contribution >= 0.6 is 0 Å². The van der Waals surface area contributed by atoms with Crippen molar-refractivity contribution in [1.29, 1.82) is 0 Å². The van der Waals surface area contributed by atoms with E-state index in [-0.39, 0.29) is 12.2 Å². The first-order valence-electron chi connectivity index (χ1n) is 5.06. The van der Waals surface area contributed by atoms with Crippen molar-refractivity contribution in [2.45, 2.75) is 6.61 Å². The van der Waals surface area contributed by atoms with E-state index in [9.17, 15) is 13.2 Å². The number of sulfonamides is 1. The van der Waals surface area contributed by atoms with E-state index in [0.717, 1.165) is 10.6 Å². The van der Waals surface area contributed by atoms with Crippen molar-refractivity contribution >= 4 is 21.7 Å². The number of carbonyl (C=O) groups is 1. The molecule has 0 radical (unpaired) electrons. The first kappa shape index (κ1) is 14.5. The molecule has 0 amide bonds. The molecule has 0 aliphatic heterocycles. The minimum Gasteiger partial charge on any atom is -0.465 e. The summed E-state index contributed by atoms with van der Waals surface area (Å²) in [7, 11) is -0.832. The van der Waals surface area contributed by atoms with Crippen LogP contribution in [0.25, 0.3) is 0 Å². The fraction of sp³-hybridized carbons (Fsp3) is 0.364. The molecule has 0 aliphatic carbocycles. The van der Waals surface area contributed by atoms with Gasteiger partial charge in [0.2, 0.25) is 10.0 Å². The van der Waals surface area contributed by atoms with Gasteiger partial charge in [-0.3, -0.25) is 4.31 Å². The Morgan fingerprint density at radius 3 is 2.44 bits per heavy atom. The zero-order chi connectivity index (χ0) is 13.9. The number of methoxy groups -OCH3 is 1. The molecule has 0 heterocycles. The van der Waals surface area contributed by atoms with E-state index >= 15 is 0 Å². The summed E-state index contributed by atoms with van der Waals surface area (Å²) >= 11 is 0. The molecular formula is C11H15NO5S. The van der Waals surface area contributed by atoms with Crippen LogP contribution < -0.4 is 4.31 Å². The van der Waals surface area contributed by atoms with Crippen molar-refractivity contribution in [2.24, 2.45) is 0 Å². The van der Waals surface area contributed by atoms with E-state index in [0.29, 0.717) is 11.3 Å². The van der Waals surface area contributed by atoms with E-state index in [1.165, 1.54) is 32.4 Å². The number of nitrogens with zero attached hydrogens (tertiary/aromatic N) is 1. The van der Waals surface area contributed by atoms with E-state index in [4.69, 9.17) is 5.11 Å². The highest BCUT2D eigenvalue weighted by atomic mass is 32.2. The maximum Gasteiger partial charge on any atom is 0.337 e. The number of aliphatic hydroxyl groups excluding tert-OH is 1. The minimum atomic E-state index is -3.43. The van der Waals surface area contributed by atoms with E-state index in [2.05, 4.69) is 4.74 Å². The van der Waals surface area contributed by atoms with Crippen LogP contribution in [0.1, 0.15) is 15.9 Å². The number of hydrogen-bond donors (Lipinski definition) is 1. The lowest BCUT2D eigenvalue weighted by atomic mass is 10.1. The van der Waals surface area contributed by atoms with Gasteiger partial charge in [0.05, 0.1) is 31.2 Å². The highest BCUT2D eigenvalue weighted by molar-refractivity contribution is 7.92. The predicted molar refractivity (Wildman–Crippen MR) is 67.0 cm³/mol. The molecule has 0 saturated carbocycles. The van der Waals surface area contributed by atoms with E-state index in [1.54, 1.807) is 0 Å². The first-order chi connectivity index (χ1) is 8.29. The summed E-state index contributed by atoms with van der Waals surface area (Å²) in [5.41, 5.74) is 0.919. The molecule has 18 heavy (non-hydrogen) atoms. The number of aliphatic hydroxyl groups is 1. The lowest BCUT2D eigenvalue weighted by Crippen LogP contribution is -2.25. The number of ether oxygens (including phenoxy) is 1. The van der Waals surface area contributed by atoms with Gasteiger partial charge in [-0.2, -0.15) is 0 Å². The SMILES string of the molecule is COC(=O)c1cc(CO)cc(N(C)S(C)(=O)=O)c1. The summed E-state index contributed by atoms with van der Waals surface area (Å²) in [6.07, 6.45) is 1.05. The van der Waals surface area contributed by atoms with Crippen LogP contribution in [-0.2, 0) is 21.4 Å². The molecule has 1 aromatic rings. The van der Waals surface area contributed by atoms with Crippen molar-refractivity contribution in [3.05, 3.63) is 29.3 Å². The number of rotatable bonds is 4. The fourth-order valence-electron chi connectivity index (χ4n) is 1.37. The maximum absolute atomic E-state index is 11.4. The Labute approximate surface area is 106 Å². The number of hydrogen-bond acceptors (Lipinski definition) is 5. The summed E-state index contributed by atoms with van der Waals surface area (Å²) in [6.45, 7) is -0.296. The number of benzene rings is 1. The molecule has 1 N–H and O–H groups in total. The van der Waals surface area contributed by atoms with Crippen LogP contribution in [0.4, 0.5) is 5.69 Å². The molecule has 1 rings (SSSR count). The Bertz CT molecular complexity index is 553. The first-order valence-corrected chi connectivity index (χ1v) is 6.91. The van der Waals surface area contributed by atoms with Crippen LogP contribution in [-0.4, -0.2) is 39.9 Å². The second-order valence-corrected chi connectivity index (χ2v) is 5.78. The number of anilines is 1. The lowest BCUT2D eigenvalue weighted by Gasteiger charge is -2.18. The Balaban J connectivity index is 3.33. The summed E-state index contributed by atoms with van der Waals surface area (Å²) in [5.74, 6) is -0.589. The van der Waals surface area contributed by atoms with Crippen LogP contribution in [0.15, 0.2) is 18.2 Å². The Morgan fingerprint density at radius 1 is 1.39 bits per heavy atom. The van der Waals surface area contributed by atoms with Crippen LogP contribution in [0.3, 0.4) is 0 Å². The molecule has 0 saturated heterocycles. The van der Waals surface area contributed by atoms with Crippen molar-refractivity contribution in [3.63, 3.8) is 0 Å². The largest absolute Gasteiger partial charge is 0.465 e. The molecule has 0 aliphatic rings. The van der Waals surface area contributed by atoms with Crippen molar-refractivity contribution in [2.75, 3.05) is 24.7 Å². The van der Waals surface area contributed by atoms with Gasteiger partial charge < -0.3 is 9.84 Å². The van der Waals surface area contributed by atoms with Crippen molar-refractivity contribution < 1.29 is 23.1 Å². The lowest BCUT2D eigenvalue weighted by molar-refractivity contribution is 0.0600. The summed E-state index contributed by atoms with van der Waals surface area (Å²) in [6, 6.07) is 4.34. The zero-order valence-electron chi connectivity index (χ0n) is 10.4. The molecule has 0 spiro atoms. The molecule has 7 heteroatoms. The average molecular weight is 273 g/mol. The van der Waals surface area contributed by atoms with Gasteiger partial charge in [0.15, 0.2) is 0 Å². The second-order valence-electron chi connectivity index (χ2n) is 3.77. The molecule has 0 aromatic heterocycles. The minimum absolute atomic E-state index is 0.189. The fourth-order valence-corrected chi connectivity index (χ4v) is 1.86. The third kappa shape index (κ3) is 3.21.